The number of piperazine rings is 1. The van der Waals surface area contributed by atoms with E-state index < -0.39 is 0 Å². The standard InChI is InChI=1S/C18H24N4OS/c1-14(2)19-18(23)22-10-8-21(9-11-22)12-17-20-16(13-24-17)15-6-4-3-5-7-15/h3-7,13-14H,8-12H2,1-2H3,(H,19,23). The summed E-state index contributed by atoms with van der Waals surface area (Å²) in [5.41, 5.74) is 2.21. The van der Waals surface area contributed by atoms with Crippen LogP contribution >= 0.6 is 11.3 Å². The Kier molecular flexibility index (Phi) is 5.48. The molecular formula is C18H24N4OS. The lowest BCUT2D eigenvalue weighted by molar-refractivity contribution is 0.134. The third-order valence-electron chi connectivity index (χ3n) is 4.05. The van der Waals surface area contributed by atoms with Crippen molar-refractivity contribution in [1.29, 1.82) is 0 Å². The van der Waals surface area contributed by atoms with E-state index >= 15 is 0 Å². The number of aromatic nitrogens is 1. The van der Waals surface area contributed by atoms with Crippen LogP contribution in [0.25, 0.3) is 11.3 Å². The van der Waals surface area contributed by atoms with Crippen molar-refractivity contribution in [2.45, 2.75) is 26.4 Å². The lowest BCUT2D eigenvalue weighted by Gasteiger charge is -2.34. The van der Waals surface area contributed by atoms with Crippen LogP contribution < -0.4 is 5.32 Å². The fourth-order valence-corrected chi connectivity index (χ4v) is 3.61. The molecule has 2 heterocycles. The summed E-state index contributed by atoms with van der Waals surface area (Å²) in [6.45, 7) is 8.17. The maximum atomic E-state index is 12.0. The highest BCUT2D eigenvalue weighted by molar-refractivity contribution is 7.09. The Morgan fingerprint density at radius 1 is 1.21 bits per heavy atom. The van der Waals surface area contributed by atoms with E-state index in [9.17, 15) is 4.79 Å². The summed E-state index contributed by atoms with van der Waals surface area (Å²) in [5.74, 6) is 0. The van der Waals surface area contributed by atoms with E-state index in [1.807, 2.05) is 36.9 Å². The van der Waals surface area contributed by atoms with E-state index in [1.54, 1.807) is 11.3 Å². The third-order valence-corrected chi connectivity index (χ3v) is 4.89. The molecule has 1 fully saturated rings. The predicted molar refractivity (Wildman–Crippen MR) is 98.1 cm³/mol. The van der Waals surface area contributed by atoms with Crippen LogP contribution in [0.2, 0.25) is 0 Å². The van der Waals surface area contributed by atoms with Crippen molar-refractivity contribution >= 4 is 17.4 Å². The normalized spacial score (nSPS) is 15.7. The number of hydrogen-bond acceptors (Lipinski definition) is 4. The number of benzene rings is 1. The molecule has 2 aromatic rings. The molecule has 0 spiro atoms. The molecule has 0 radical (unpaired) electrons. The number of carbonyl (C=O) groups excluding carboxylic acids is 1. The van der Waals surface area contributed by atoms with Crippen LogP contribution in [-0.4, -0.2) is 53.0 Å². The lowest BCUT2D eigenvalue weighted by atomic mass is 10.2. The summed E-state index contributed by atoms with van der Waals surface area (Å²) in [6.07, 6.45) is 0. The van der Waals surface area contributed by atoms with Gasteiger partial charge in [-0.1, -0.05) is 30.3 Å². The van der Waals surface area contributed by atoms with Gasteiger partial charge in [0.25, 0.3) is 0 Å². The molecule has 0 unspecified atom stereocenters. The lowest BCUT2D eigenvalue weighted by Crippen LogP contribution is -2.52. The highest BCUT2D eigenvalue weighted by atomic mass is 32.1. The first-order chi connectivity index (χ1) is 11.6. The van der Waals surface area contributed by atoms with Gasteiger partial charge in [-0.3, -0.25) is 4.90 Å². The zero-order valence-electron chi connectivity index (χ0n) is 14.2. The van der Waals surface area contributed by atoms with Crippen LogP contribution in [-0.2, 0) is 6.54 Å². The van der Waals surface area contributed by atoms with Gasteiger partial charge >= 0.3 is 6.03 Å². The Hall–Kier alpha value is -1.92. The van der Waals surface area contributed by atoms with Gasteiger partial charge in [-0.05, 0) is 13.8 Å². The first-order valence-corrected chi connectivity index (χ1v) is 9.27. The average Bonchev–Trinajstić information content (AvgIpc) is 3.04. The monoisotopic (exact) mass is 344 g/mol. The molecule has 0 saturated carbocycles. The zero-order chi connectivity index (χ0) is 16.9. The van der Waals surface area contributed by atoms with Gasteiger partial charge in [0.1, 0.15) is 5.01 Å². The molecule has 0 aliphatic carbocycles. The minimum atomic E-state index is 0.0465. The molecule has 1 aromatic carbocycles. The molecule has 24 heavy (non-hydrogen) atoms. The summed E-state index contributed by atoms with van der Waals surface area (Å²) < 4.78 is 0. The molecule has 0 bridgehead atoms. The average molecular weight is 344 g/mol. The number of nitrogens with zero attached hydrogens (tertiary/aromatic N) is 3. The Bertz CT molecular complexity index is 663. The molecule has 6 heteroatoms. The number of thiazole rings is 1. The van der Waals surface area contributed by atoms with Crippen molar-refractivity contribution in [1.82, 2.24) is 20.1 Å². The highest BCUT2D eigenvalue weighted by Gasteiger charge is 2.22. The van der Waals surface area contributed by atoms with E-state index in [0.29, 0.717) is 0 Å². The number of hydrogen-bond donors (Lipinski definition) is 1. The topological polar surface area (TPSA) is 48.5 Å². The van der Waals surface area contributed by atoms with E-state index in [0.717, 1.165) is 49.0 Å². The van der Waals surface area contributed by atoms with Gasteiger partial charge in [0.05, 0.1) is 12.2 Å². The van der Waals surface area contributed by atoms with E-state index in [2.05, 4.69) is 27.7 Å². The summed E-state index contributed by atoms with van der Waals surface area (Å²) in [5, 5.41) is 6.21. The molecular weight excluding hydrogens is 320 g/mol. The van der Waals surface area contributed by atoms with E-state index in [4.69, 9.17) is 4.98 Å². The fraction of sp³-hybridized carbons (Fsp3) is 0.444. The smallest absolute Gasteiger partial charge is 0.317 e. The van der Waals surface area contributed by atoms with Crippen molar-refractivity contribution in [3.8, 4) is 11.3 Å². The Labute approximate surface area is 147 Å². The van der Waals surface area contributed by atoms with E-state index in [-0.39, 0.29) is 12.1 Å². The van der Waals surface area contributed by atoms with Crippen molar-refractivity contribution in [2.24, 2.45) is 0 Å². The van der Waals surface area contributed by atoms with Crippen molar-refractivity contribution in [3.63, 3.8) is 0 Å². The second-order valence-corrected chi connectivity index (χ2v) is 7.30. The number of urea groups is 1. The first kappa shape index (κ1) is 16.9. The summed E-state index contributed by atoms with van der Waals surface area (Å²) in [4.78, 5) is 21.0. The van der Waals surface area contributed by atoms with Crippen molar-refractivity contribution in [3.05, 3.63) is 40.7 Å². The van der Waals surface area contributed by atoms with Crippen LogP contribution in [0.1, 0.15) is 18.9 Å². The van der Waals surface area contributed by atoms with Crippen LogP contribution in [0, 0.1) is 0 Å². The van der Waals surface area contributed by atoms with Crippen LogP contribution in [0.3, 0.4) is 0 Å². The minimum absolute atomic E-state index is 0.0465. The second kappa shape index (κ2) is 7.77. The molecule has 2 amide bonds. The van der Waals surface area contributed by atoms with Crippen LogP contribution in [0.4, 0.5) is 4.79 Å². The van der Waals surface area contributed by atoms with Crippen LogP contribution in [0.5, 0.6) is 0 Å². The fourth-order valence-electron chi connectivity index (χ4n) is 2.76. The van der Waals surface area contributed by atoms with Gasteiger partial charge in [0.15, 0.2) is 0 Å². The first-order valence-electron chi connectivity index (χ1n) is 8.39. The Morgan fingerprint density at radius 3 is 2.58 bits per heavy atom. The predicted octanol–water partition coefficient (Wildman–Crippen LogP) is 3.05. The molecule has 1 N–H and O–H groups in total. The maximum absolute atomic E-state index is 12.0. The molecule has 1 aliphatic heterocycles. The SMILES string of the molecule is CC(C)NC(=O)N1CCN(Cc2nc(-c3ccccc3)cs2)CC1. The van der Waals surface area contributed by atoms with Gasteiger partial charge in [-0.15, -0.1) is 11.3 Å². The quantitative estimate of drug-likeness (QED) is 0.927. The minimum Gasteiger partial charge on any atom is -0.336 e. The number of amides is 2. The van der Waals surface area contributed by atoms with Gasteiger partial charge in [-0.25, -0.2) is 9.78 Å². The Morgan fingerprint density at radius 2 is 1.92 bits per heavy atom. The number of rotatable bonds is 4. The van der Waals surface area contributed by atoms with E-state index in [1.165, 1.54) is 0 Å². The maximum Gasteiger partial charge on any atom is 0.317 e. The summed E-state index contributed by atoms with van der Waals surface area (Å²) in [6, 6.07) is 10.5. The van der Waals surface area contributed by atoms with Gasteiger partial charge in [-0.2, -0.15) is 0 Å². The summed E-state index contributed by atoms with van der Waals surface area (Å²) in [7, 11) is 0. The number of carbonyl (C=O) groups is 1. The largest absolute Gasteiger partial charge is 0.336 e. The van der Waals surface area contributed by atoms with Gasteiger partial charge in [0, 0.05) is 43.2 Å². The van der Waals surface area contributed by atoms with Crippen molar-refractivity contribution < 1.29 is 4.79 Å². The highest BCUT2D eigenvalue weighted by Crippen LogP contribution is 2.22. The number of nitrogens with one attached hydrogen (secondary N) is 1. The molecule has 1 aromatic heterocycles. The zero-order valence-corrected chi connectivity index (χ0v) is 15.1. The molecule has 3 rings (SSSR count). The summed E-state index contributed by atoms with van der Waals surface area (Å²) >= 11 is 1.71. The van der Waals surface area contributed by atoms with Gasteiger partial charge < -0.3 is 10.2 Å². The molecule has 1 saturated heterocycles. The van der Waals surface area contributed by atoms with Gasteiger partial charge in [0.2, 0.25) is 0 Å². The third kappa shape index (κ3) is 4.33. The second-order valence-electron chi connectivity index (χ2n) is 6.36. The molecule has 128 valence electrons. The Balaban J connectivity index is 1.52. The van der Waals surface area contributed by atoms with Crippen molar-refractivity contribution in [2.75, 3.05) is 26.2 Å². The molecule has 1 aliphatic rings. The molecule has 5 nitrogen and oxygen atoms in total. The molecule has 0 atom stereocenters. The van der Waals surface area contributed by atoms with Crippen LogP contribution in [0.15, 0.2) is 35.7 Å².